The number of nitrogens with zero attached hydrogens (tertiary/aromatic N) is 2. The molecular weight excluding hydrogens is 216 g/mol. The van der Waals surface area contributed by atoms with Crippen molar-refractivity contribution in [3.05, 3.63) is 23.9 Å². The van der Waals surface area contributed by atoms with E-state index in [1.54, 1.807) is 19.2 Å². The van der Waals surface area contributed by atoms with Crippen LogP contribution >= 0.6 is 0 Å². The van der Waals surface area contributed by atoms with E-state index in [1.165, 1.54) is 13.2 Å². The number of carbonyl (C=O) groups excluding carboxylic acids is 1. The minimum atomic E-state index is -2.53. The molecule has 0 bridgehead atoms. The fraction of sp³-hybridized carbons (Fsp3) is 0.400. The van der Waals surface area contributed by atoms with Gasteiger partial charge in [0.15, 0.2) is 0 Å². The molecule has 1 rings (SSSR count). The van der Waals surface area contributed by atoms with Crippen molar-refractivity contribution < 1.29 is 13.6 Å². The van der Waals surface area contributed by atoms with Gasteiger partial charge in [-0.3, -0.25) is 4.79 Å². The van der Waals surface area contributed by atoms with Crippen molar-refractivity contribution in [3.63, 3.8) is 0 Å². The highest BCUT2D eigenvalue weighted by Crippen LogP contribution is 2.07. The third-order valence-corrected chi connectivity index (χ3v) is 2.03. The molecule has 0 aliphatic heterocycles. The molecule has 1 N–H and O–H groups in total. The van der Waals surface area contributed by atoms with Gasteiger partial charge >= 0.3 is 0 Å². The predicted octanol–water partition coefficient (Wildman–Crippen LogP) is 1.46. The molecule has 0 radical (unpaired) electrons. The highest BCUT2D eigenvalue weighted by molar-refractivity contribution is 5.93. The minimum Gasteiger partial charge on any atom is -0.373 e. The minimum absolute atomic E-state index is 0.294. The third kappa shape index (κ3) is 3.15. The third-order valence-electron chi connectivity index (χ3n) is 2.03. The summed E-state index contributed by atoms with van der Waals surface area (Å²) in [5, 5.41) is 2.80. The molecular formula is C10H13F2N3O. The van der Waals surface area contributed by atoms with E-state index in [-0.39, 0.29) is 0 Å². The van der Waals surface area contributed by atoms with E-state index in [0.717, 1.165) is 4.90 Å². The highest BCUT2D eigenvalue weighted by Gasteiger charge is 2.15. The van der Waals surface area contributed by atoms with E-state index < -0.39 is 18.9 Å². The Bertz CT molecular complexity index is 354. The van der Waals surface area contributed by atoms with Crippen LogP contribution in [-0.2, 0) is 0 Å². The molecule has 1 amide bonds. The van der Waals surface area contributed by atoms with E-state index >= 15 is 0 Å². The Hall–Kier alpha value is -1.72. The Morgan fingerprint density at radius 1 is 1.56 bits per heavy atom. The van der Waals surface area contributed by atoms with Gasteiger partial charge in [0, 0.05) is 20.3 Å². The lowest BCUT2D eigenvalue weighted by atomic mass is 10.2. The molecule has 0 aliphatic rings. The summed E-state index contributed by atoms with van der Waals surface area (Å²) in [5.41, 5.74) is 0.294. The Morgan fingerprint density at radius 3 is 2.69 bits per heavy atom. The van der Waals surface area contributed by atoms with E-state index in [9.17, 15) is 13.6 Å². The summed E-state index contributed by atoms with van der Waals surface area (Å²) in [7, 11) is 3.03. The van der Waals surface area contributed by atoms with Gasteiger partial charge in [0.05, 0.1) is 12.1 Å². The Labute approximate surface area is 92.3 Å². The Kier molecular flexibility index (Phi) is 4.16. The first-order chi connectivity index (χ1) is 7.54. The first-order valence-corrected chi connectivity index (χ1v) is 4.72. The smallest absolute Gasteiger partial charge is 0.255 e. The lowest BCUT2D eigenvalue weighted by Gasteiger charge is -2.16. The molecule has 1 aromatic heterocycles. The number of halogens is 2. The maximum atomic E-state index is 12.1. The van der Waals surface area contributed by atoms with Crippen molar-refractivity contribution in [2.24, 2.45) is 0 Å². The lowest BCUT2D eigenvalue weighted by Crippen LogP contribution is -2.31. The van der Waals surface area contributed by atoms with E-state index in [2.05, 4.69) is 10.3 Å². The largest absolute Gasteiger partial charge is 0.373 e. The summed E-state index contributed by atoms with van der Waals surface area (Å²) in [6.07, 6.45) is -1.17. The quantitative estimate of drug-likeness (QED) is 0.850. The molecule has 0 saturated carbocycles. The van der Waals surface area contributed by atoms with Gasteiger partial charge < -0.3 is 10.2 Å². The predicted molar refractivity (Wildman–Crippen MR) is 56.7 cm³/mol. The summed E-state index contributed by atoms with van der Waals surface area (Å²) in [5.74, 6) is 0.156. The average Bonchev–Trinajstić information content (AvgIpc) is 2.27. The number of hydrogen-bond acceptors (Lipinski definition) is 3. The number of pyridine rings is 1. The van der Waals surface area contributed by atoms with Crippen LogP contribution in [0.3, 0.4) is 0 Å². The molecule has 1 heterocycles. The number of rotatable bonds is 4. The maximum Gasteiger partial charge on any atom is 0.255 e. The van der Waals surface area contributed by atoms with Gasteiger partial charge in [-0.15, -0.1) is 0 Å². The van der Waals surface area contributed by atoms with Crippen LogP contribution in [0, 0.1) is 0 Å². The molecule has 0 atom stereocenters. The fourth-order valence-electron chi connectivity index (χ4n) is 1.18. The molecule has 1 aromatic rings. The molecule has 0 fully saturated rings. The summed E-state index contributed by atoms with van der Waals surface area (Å²) < 4.78 is 24.1. The number of hydrogen-bond donors (Lipinski definition) is 1. The van der Waals surface area contributed by atoms with Gasteiger partial charge in [-0.25, -0.2) is 13.8 Å². The number of nitrogens with one attached hydrogen (secondary N) is 1. The van der Waals surface area contributed by atoms with Crippen LogP contribution in [0.25, 0.3) is 0 Å². The van der Waals surface area contributed by atoms with Gasteiger partial charge in [-0.2, -0.15) is 0 Å². The van der Waals surface area contributed by atoms with Crippen LogP contribution in [0.1, 0.15) is 10.4 Å². The van der Waals surface area contributed by atoms with Crippen LogP contribution in [-0.4, -0.2) is 42.9 Å². The number of anilines is 1. The molecule has 0 aliphatic carbocycles. The first kappa shape index (κ1) is 12.4. The second-order valence-corrected chi connectivity index (χ2v) is 3.26. The zero-order valence-corrected chi connectivity index (χ0v) is 9.08. The maximum absolute atomic E-state index is 12.1. The zero-order valence-electron chi connectivity index (χ0n) is 9.08. The normalized spacial score (nSPS) is 10.3. The summed E-state index contributed by atoms with van der Waals surface area (Å²) in [4.78, 5) is 16.5. The van der Waals surface area contributed by atoms with E-state index in [1.807, 2.05) is 0 Å². The van der Waals surface area contributed by atoms with Crippen LogP contribution in [0.5, 0.6) is 0 Å². The Morgan fingerprint density at radius 2 is 2.25 bits per heavy atom. The number of alkyl halides is 2. The second kappa shape index (κ2) is 5.39. The van der Waals surface area contributed by atoms with Crippen molar-refractivity contribution in [3.8, 4) is 0 Å². The molecule has 0 aromatic carbocycles. The monoisotopic (exact) mass is 229 g/mol. The molecule has 88 valence electrons. The van der Waals surface area contributed by atoms with Crippen molar-refractivity contribution in [1.29, 1.82) is 0 Å². The summed E-state index contributed by atoms with van der Waals surface area (Å²) >= 11 is 0. The van der Waals surface area contributed by atoms with Crippen molar-refractivity contribution >= 4 is 11.7 Å². The molecule has 0 spiro atoms. The van der Waals surface area contributed by atoms with Crippen LogP contribution in [0.15, 0.2) is 18.3 Å². The standard InChI is InChI=1S/C10H13F2N3O/c1-13-9-4-3-7(5-14-9)10(16)15(2)6-8(11)12/h3-5,8H,6H2,1-2H3,(H,13,14). The van der Waals surface area contributed by atoms with Gasteiger partial charge in [0.25, 0.3) is 12.3 Å². The van der Waals surface area contributed by atoms with Gasteiger partial charge in [0.1, 0.15) is 5.82 Å². The topological polar surface area (TPSA) is 45.2 Å². The van der Waals surface area contributed by atoms with Gasteiger partial charge in [-0.1, -0.05) is 0 Å². The summed E-state index contributed by atoms with van der Waals surface area (Å²) in [6.45, 7) is -0.577. The second-order valence-electron chi connectivity index (χ2n) is 3.26. The van der Waals surface area contributed by atoms with Crippen molar-refractivity contribution in [1.82, 2.24) is 9.88 Å². The van der Waals surface area contributed by atoms with Crippen molar-refractivity contribution in [2.75, 3.05) is 26.0 Å². The van der Waals surface area contributed by atoms with Gasteiger partial charge in [-0.05, 0) is 12.1 Å². The van der Waals surface area contributed by atoms with Crippen molar-refractivity contribution in [2.45, 2.75) is 6.43 Å². The molecule has 4 nitrogen and oxygen atoms in total. The molecule has 6 heteroatoms. The highest BCUT2D eigenvalue weighted by atomic mass is 19.3. The van der Waals surface area contributed by atoms with Crippen LogP contribution in [0.4, 0.5) is 14.6 Å². The van der Waals surface area contributed by atoms with Gasteiger partial charge in [0.2, 0.25) is 0 Å². The number of carbonyl (C=O) groups is 1. The van der Waals surface area contributed by atoms with E-state index in [0.29, 0.717) is 11.4 Å². The summed E-state index contributed by atoms with van der Waals surface area (Å²) in [6, 6.07) is 3.16. The first-order valence-electron chi connectivity index (χ1n) is 4.72. The lowest BCUT2D eigenvalue weighted by molar-refractivity contribution is 0.0620. The zero-order chi connectivity index (χ0) is 12.1. The fourth-order valence-corrected chi connectivity index (χ4v) is 1.18. The number of amides is 1. The van der Waals surface area contributed by atoms with E-state index in [4.69, 9.17) is 0 Å². The number of aromatic nitrogens is 1. The van der Waals surface area contributed by atoms with Crippen LogP contribution < -0.4 is 5.32 Å². The molecule has 16 heavy (non-hydrogen) atoms. The SMILES string of the molecule is CNc1ccc(C(=O)N(C)CC(F)F)cn1. The molecule has 0 unspecified atom stereocenters. The van der Waals surface area contributed by atoms with Crippen LogP contribution in [0.2, 0.25) is 0 Å². The molecule has 0 saturated heterocycles. The Balaban J connectivity index is 2.72. The average molecular weight is 229 g/mol.